The largest absolute Gasteiger partial charge is 0.508 e. The molecule has 0 spiro atoms. The number of ketones is 2. The van der Waals surface area contributed by atoms with Gasteiger partial charge in [-0.25, -0.2) is 0 Å². The Balaban J connectivity index is 0.000000250. The average Bonchev–Trinajstić information content (AvgIpc) is 3.76. The van der Waals surface area contributed by atoms with Gasteiger partial charge in [0.15, 0.2) is 11.6 Å². The van der Waals surface area contributed by atoms with Crippen molar-refractivity contribution in [2.45, 2.75) is 154 Å². The number of Topliss-reactive ketones (excluding diaryl/α,β-unsaturated/α-hetero) is 1. The van der Waals surface area contributed by atoms with Crippen molar-refractivity contribution in [1.29, 1.82) is 0 Å². The van der Waals surface area contributed by atoms with E-state index >= 15 is 0 Å². The number of phenols is 6. The number of allylic oxidation sites excluding steroid dienone is 4. The van der Waals surface area contributed by atoms with Gasteiger partial charge in [-0.1, -0.05) is 94.5 Å². The summed E-state index contributed by atoms with van der Waals surface area (Å²) >= 11 is 0. The first-order chi connectivity index (χ1) is 37.8. The molecule has 1 aliphatic carbocycles. The van der Waals surface area contributed by atoms with Crippen LogP contribution in [0, 0.1) is 50.5 Å². The fourth-order valence-electron chi connectivity index (χ4n) is 12.1. The van der Waals surface area contributed by atoms with Crippen LogP contribution in [0.5, 0.6) is 34.5 Å². The molecule has 82 heavy (non-hydrogen) atoms. The van der Waals surface area contributed by atoms with E-state index in [0.717, 1.165) is 68.3 Å². The molecule has 10 rings (SSSR count). The summed E-state index contributed by atoms with van der Waals surface area (Å²) in [5.41, 5.74) is 15.2. The highest BCUT2D eigenvalue weighted by atomic mass is 16.7. The topological polar surface area (TPSA) is 246 Å². The molecule has 434 valence electrons. The first-order valence-electron chi connectivity index (χ1n) is 27.5. The Bertz CT molecular complexity index is 3730. The molecular weight excluding hydrogens is 1030 g/mol. The van der Waals surface area contributed by atoms with Gasteiger partial charge in [0.05, 0.1) is 34.6 Å². The monoisotopic (exact) mass is 1110 g/mol. The average molecular weight is 1120 g/mol. The van der Waals surface area contributed by atoms with Crippen LogP contribution in [-0.4, -0.2) is 76.7 Å². The molecule has 4 heterocycles. The maximum absolute atomic E-state index is 14.1. The van der Waals surface area contributed by atoms with Crippen LogP contribution in [0.2, 0.25) is 0 Å². The fourth-order valence-corrected chi connectivity index (χ4v) is 12.1. The number of nitrogens with one attached hydrogen (secondary N) is 2. The van der Waals surface area contributed by atoms with Crippen molar-refractivity contribution in [1.82, 2.24) is 9.97 Å². The van der Waals surface area contributed by atoms with Crippen LogP contribution in [0.4, 0.5) is 0 Å². The van der Waals surface area contributed by atoms with Gasteiger partial charge in [0.2, 0.25) is 0 Å². The lowest BCUT2D eigenvalue weighted by atomic mass is 9.72. The van der Waals surface area contributed by atoms with Gasteiger partial charge in [-0.05, 0) is 153 Å². The van der Waals surface area contributed by atoms with Crippen LogP contribution >= 0.6 is 0 Å². The molecule has 3 aliphatic rings. The van der Waals surface area contributed by atoms with Crippen LogP contribution in [0.3, 0.4) is 0 Å². The fraction of sp³-hybridized carbons (Fsp3) is 0.382. The van der Waals surface area contributed by atoms with E-state index in [0.29, 0.717) is 91.3 Å². The highest BCUT2D eigenvalue weighted by Crippen LogP contribution is 2.52. The number of phenolic OH excluding ortho intramolecular Hbond substituents is 6. The summed E-state index contributed by atoms with van der Waals surface area (Å²) in [7, 11) is 0. The summed E-state index contributed by atoms with van der Waals surface area (Å²) in [6, 6.07) is 17.4. The molecule has 2 aromatic heterocycles. The number of rotatable bonds is 10. The zero-order chi connectivity index (χ0) is 58.7. The number of H-pyrrole nitrogens is 2. The highest BCUT2D eigenvalue weighted by molar-refractivity contribution is 6.27. The molecule has 14 heteroatoms. The summed E-state index contributed by atoms with van der Waals surface area (Å²) in [6.45, 7) is 27.7. The molecule has 0 bridgehead atoms. The molecule has 8 N–H and O–H groups in total. The Labute approximate surface area is 481 Å². The third-order valence-corrected chi connectivity index (χ3v) is 16.5. The lowest BCUT2D eigenvalue weighted by molar-refractivity contribution is -0.116. The normalized spacial score (nSPS) is 14.5. The molecule has 1 unspecified atom stereocenters. The maximum atomic E-state index is 14.1. The Morgan fingerprint density at radius 1 is 0.488 bits per heavy atom. The predicted octanol–water partition coefficient (Wildman–Crippen LogP) is 15.2. The van der Waals surface area contributed by atoms with Crippen molar-refractivity contribution in [3.8, 4) is 34.5 Å². The van der Waals surface area contributed by atoms with Gasteiger partial charge < -0.3 is 40.6 Å². The van der Waals surface area contributed by atoms with Crippen molar-refractivity contribution in [3.05, 3.63) is 171 Å². The summed E-state index contributed by atoms with van der Waals surface area (Å²) < 4.78 is 0. The van der Waals surface area contributed by atoms with E-state index in [1.54, 1.807) is 45.9 Å². The standard InChI is InChI=1S/C33H38N2O4.C33H36N2O4.2CH4.O2/c2*1-15(2)22-13-25(36)18(6)27(32(22)38)29(28-19(7)26(37)14-23(16(3)4)33(28)39)31-30-21(10-11-34-31)20-9-8-17(5)12-24(20)35-30;;;1-2/h8-9,12-16,29,35-39H,10-11H2,1-7H3;8-9,12-16,29,35-36,38H,10-11H2,1-7H3;2*1H4;. The molecule has 5 aromatic carbocycles. The third kappa shape index (κ3) is 10.9. The first kappa shape index (κ1) is 62.9. The van der Waals surface area contributed by atoms with E-state index in [2.05, 4.69) is 53.3 Å². The number of benzene rings is 5. The quantitative estimate of drug-likeness (QED) is 0.0475. The molecule has 7 aromatic rings. The van der Waals surface area contributed by atoms with E-state index in [1.807, 2.05) is 62.3 Å². The molecule has 1 atom stereocenters. The Kier molecular flexibility index (Phi) is 18.8. The molecule has 0 saturated heterocycles. The summed E-state index contributed by atoms with van der Waals surface area (Å²) in [5.74, 6) is -2.04. The van der Waals surface area contributed by atoms with Gasteiger partial charge in [0.25, 0.3) is 0 Å². The number of aryl methyl sites for hydroxylation is 2. The first-order valence-corrected chi connectivity index (χ1v) is 27.5. The van der Waals surface area contributed by atoms with E-state index in [4.69, 9.17) is 19.9 Å². The van der Waals surface area contributed by atoms with Gasteiger partial charge in [0.1, 0.15) is 34.5 Å². The van der Waals surface area contributed by atoms with E-state index in [9.17, 15) is 40.2 Å². The third-order valence-electron chi connectivity index (χ3n) is 16.5. The summed E-state index contributed by atoms with van der Waals surface area (Å²) in [6.07, 6.45) is 2.94. The molecular formula is C68H82N4O10. The van der Waals surface area contributed by atoms with Crippen LogP contribution in [-0.2, 0) is 22.4 Å². The van der Waals surface area contributed by atoms with Gasteiger partial charge >= 0.3 is 0 Å². The number of aliphatic imine (C=N–C) groups is 2. The van der Waals surface area contributed by atoms with E-state index in [-0.39, 0.29) is 84.6 Å². The van der Waals surface area contributed by atoms with E-state index < -0.39 is 11.8 Å². The molecule has 0 amide bonds. The van der Waals surface area contributed by atoms with Crippen molar-refractivity contribution < 1.29 is 40.2 Å². The van der Waals surface area contributed by atoms with Gasteiger partial charge in [-0.3, -0.25) is 19.6 Å². The maximum Gasteiger partial charge on any atom is 0.186 e. The van der Waals surface area contributed by atoms with Gasteiger partial charge in [-0.15, -0.1) is 0 Å². The highest BCUT2D eigenvalue weighted by Gasteiger charge is 2.42. The zero-order valence-corrected chi connectivity index (χ0v) is 48.3. The number of hydrogen-bond acceptors (Lipinski definition) is 12. The summed E-state index contributed by atoms with van der Waals surface area (Å²) in [5, 5.41) is 70.6. The SMILES string of the molecule is C.C.CC1=C(C(C2=NCCc3c2[nH]c2cc(C)ccc32)c2c(C)c(O)cc(C(C)C)c2O)C(=O)C(C(C)C)=CC1=O.Cc1ccc2c3c([nH]c2c1)C(C(c1c(C)c(O)cc(C(C)C)c1O)c1c(C)c(O)cc(C(C)C)c1O)=NCC3.O=O. The van der Waals surface area contributed by atoms with Crippen molar-refractivity contribution in [3.63, 3.8) is 0 Å². The van der Waals surface area contributed by atoms with Crippen LogP contribution in [0.25, 0.3) is 21.8 Å². The minimum absolute atomic E-state index is 0. The number of aromatic amines is 2. The number of carbonyl (C=O) groups is 2. The lowest BCUT2D eigenvalue weighted by Crippen LogP contribution is -2.31. The minimum Gasteiger partial charge on any atom is -0.508 e. The molecule has 14 nitrogen and oxygen atoms in total. The van der Waals surface area contributed by atoms with Crippen LogP contribution in [0.15, 0.2) is 87.4 Å². The van der Waals surface area contributed by atoms with Crippen molar-refractivity contribution >= 4 is 44.8 Å². The van der Waals surface area contributed by atoms with Gasteiger partial charge in [0, 0.05) is 94.9 Å². The number of aromatic nitrogens is 2. The van der Waals surface area contributed by atoms with Crippen LogP contribution < -0.4 is 0 Å². The number of nitrogens with zero attached hydrogens (tertiary/aromatic N) is 2. The predicted molar refractivity (Wildman–Crippen MR) is 332 cm³/mol. The smallest absolute Gasteiger partial charge is 0.186 e. The lowest BCUT2D eigenvalue weighted by Gasteiger charge is -2.31. The second-order valence-electron chi connectivity index (χ2n) is 23.0. The van der Waals surface area contributed by atoms with Crippen molar-refractivity contribution in [2.75, 3.05) is 13.1 Å². The minimum atomic E-state index is -0.846. The van der Waals surface area contributed by atoms with Gasteiger partial charge in [-0.2, -0.15) is 0 Å². The Morgan fingerprint density at radius 3 is 1.20 bits per heavy atom. The molecule has 2 aliphatic heterocycles. The second-order valence-corrected chi connectivity index (χ2v) is 23.0. The van der Waals surface area contributed by atoms with Crippen molar-refractivity contribution in [2.24, 2.45) is 15.9 Å². The molecule has 0 saturated carbocycles. The molecule has 0 fully saturated rings. The summed E-state index contributed by atoms with van der Waals surface area (Å²) in [4.78, 5) is 58.5. The number of carbonyl (C=O) groups excluding carboxylic acids is 2. The zero-order valence-electron chi connectivity index (χ0n) is 48.3. The number of hydrogen-bond donors (Lipinski definition) is 8. The Hall–Kier alpha value is -8.26. The Morgan fingerprint density at radius 2 is 0.841 bits per heavy atom. The number of aromatic hydroxyl groups is 6. The molecule has 0 radical (unpaired) electrons. The van der Waals surface area contributed by atoms with Crippen LogP contribution in [0.1, 0.15) is 190 Å². The number of fused-ring (bicyclic) bond motifs is 6. The van der Waals surface area contributed by atoms with E-state index in [1.165, 1.54) is 6.08 Å². The second kappa shape index (κ2) is 24.4.